The van der Waals surface area contributed by atoms with Crippen molar-refractivity contribution in [2.45, 2.75) is 39.3 Å². The molecular weight excluding hydrogens is 272 g/mol. The van der Waals surface area contributed by atoms with E-state index in [0.717, 1.165) is 6.42 Å². The third kappa shape index (κ3) is 4.41. The molecule has 1 saturated heterocycles. The third-order valence-corrected chi connectivity index (χ3v) is 4.73. The van der Waals surface area contributed by atoms with Crippen molar-refractivity contribution < 1.29 is 23.4 Å². The molecule has 0 spiro atoms. The Labute approximate surface area is 113 Å². The number of piperidine rings is 1. The van der Waals surface area contributed by atoms with Crippen LogP contribution in [0.5, 0.6) is 0 Å². The first-order valence-corrected chi connectivity index (χ1v) is 7.75. The number of nitrogens with zero attached hydrogens (tertiary/aromatic N) is 1. The van der Waals surface area contributed by atoms with Crippen LogP contribution in [0.4, 0.5) is 0 Å². The molecule has 0 aromatic rings. The fraction of sp³-hybridized carbons (Fsp3) is 0.909. The highest BCUT2D eigenvalue weighted by Crippen LogP contribution is 2.22. The minimum absolute atomic E-state index is 0.232. The molecule has 1 fully saturated rings. The summed E-state index contributed by atoms with van der Waals surface area (Å²) >= 11 is 0. The quantitative estimate of drug-likeness (QED) is 0.641. The van der Waals surface area contributed by atoms with Gasteiger partial charge in [-0.05, 0) is 25.2 Å². The first kappa shape index (κ1) is 16.4. The average molecular weight is 294 g/mol. The lowest BCUT2D eigenvalue weighted by molar-refractivity contribution is -0.141. The van der Waals surface area contributed by atoms with Gasteiger partial charge in [-0.15, -0.1) is 0 Å². The van der Waals surface area contributed by atoms with Gasteiger partial charge in [0.05, 0.1) is 6.10 Å². The normalized spacial score (nSPS) is 28.8. The summed E-state index contributed by atoms with van der Waals surface area (Å²) in [6.07, 6.45) is -0.350. The van der Waals surface area contributed by atoms with Crippen LogP contribution in [0.15, 0.2) is 0 Å². The van der Waals surface area contributed by atoms with Crippen LogP contribution in [0.25, 0.3) is 0 Å². The van der Waals surface area contributed by atoms with Gasteiger partial charge in [0.1, 0.15) is 6.04 Å². The molecule has 1 aliphatic heterocycles. The Bertz CT molecular complexity index is 413. The molecule has 4 atom stereocenters. The van der Waals surface area contributed by atoms with Gasteiger partial charge in [-0.2, -0.15) is 17.4 Å². The van der Waals surface area contributed by atoms with E-state index in [1.165, 1.54) is 11.2 Å². The maximum atomic E-state index is 12.1. The van der Waals surface area contributed by atoms with Crippen LogP contribution in [0.2, 0.25) is 0 Å². The molecule has 0 amide bonds. The first-order valence-electron chi connectivity index (χ1n) is 6.31. The van der Waals surface area contributed by atoms with E-state index in [4.69, 9.17) is 5.11 Å². The Morgan fingerprint density at radius 1 is 1.32 bits per heavy atom. The summed E-state index contributed by atoms with van der Waals surface area (Å²) in [5, 5.41) is 18.2. The molecule has 0 aromatic heterocycles. The average Bonchev–Trinajstić information content (AvgIpc) is 2.23. The van der Waals surface area contributed by atoms with Gasteiger partial charge in [0.25, 0.3) is 10.2 Å². The van der Waals surface area contributed by atoms with Crippen molar-refractivity contribution in [3.63, 3.8) is 0 Å². The van der Waals surface area contributed by atoms with Crippen LogP contribution in [0.1, 0.15) is 27.2 Å². The van der Waals surface area contributed by atoms with Crippen molar-refractivity contribution in [3.05, 3.63) is 0 Å². The largest absolute Gasteiger partial charge is 0.480 e. The third-order valence-electron chi connectivity index (χ3n) is 3.20. The molecule has 112 valence electrons. The van der Waals surface area contributed by atoms with Crippen LogP contribution in [0.3, 0.4) is 0 Å². The van der Waals surface area contributed by atoms with Gasteiger partial charge in [0.15, 0.2) is 0 Å². The molecule has 0 aromatic carbocycles. The zero-order chi connectivity index (χ0) is 14.8. The number of hydrogen-bond acceptors (Lipinski definition) is 4. The number of rotatable bonds is 5. The van der Waals surface area contributed by atoms with Gasteiger partial charge in [0, 0.05) is 13.1 Å². The van der Waals surface area contributed by atoms with Gasteiger partial charge >= 0.3 is 5.97 Å². The minimum Gasteiger partial charge on any atom is -0.480 e. The second-order valence-electron chi connectivity index (χ2n) is 5.44. The molecule has 8 heteroatoms. The standard InChI is InChI=1S/C11H22N2O5S/c1-7-4-8(2)6-13(5-7)19(17,18)12-10(9(3)14)11(15)16/h7-10,12,14H,4-6H2,1-3H3,(H,15,16). The van der Waals surface area contributed by atoms with Crippen LogP contribution in [0, 0.1) is 11.8 Å². The van der Waals surface area contributed by atoms with Gasteiger partial charge in [-0.3, -0.25) is 4.79 Å². The number of carboxylic acids is 1. The first-order chi connectivity index (χ1) is 8.63. The zero-order valence-corrected chi connectivity index (χ0v) is 12.2. The summed E-state index contributed by atoms with van der Waals surface area (Å²) in [5.41, 5.74) is 0. The summed E-state index contributed by atoms with van der Waals surface area (Å²) < 4.78 is 27.6. The van der Waals surface area contributed by atoms with Gasteiger partial charge in [-0.1, -0.05) is 13.8 Å². The van der Waals surface area contributed by atoms with E-state index in [2.05, 4.69) is 4.72 Å². The van der Waals surface area contributed by atoms with Crippen molar-refractivity contribution in [1.82, 2.24) is 9.03 Å². The summed E-state index contributed by atoms with van der Waals surface area (Å²) in [7, 11) is -3.90. The number of carboxylic acid groups (broad SMARTS) is 1. The molecule has 0 aliphatic carbocycles. The van der Waals surface area contributed by atoms with Crippen molar-refractivity contribution >= 4 is 16.2 Å². The smallest absolute Gasteiger partial charge is 0.324 e. The second-order valence-corrected chi connectivity index (χ2v) is 7.14. The van der Waals surface area contributed by atoms with Gasteiger partial charge in [-0.25, -0.2) is 0 Å². The number of nitrogens with one attached hydrogen (secondary N) is 1. The highest BCUT2D eigenvalue weighted by atomic mass is 32.2. The van der Waals surface area contributed by atoms with Crippen LogP contribution in [-0.4, -0.2) is 54.1 Å². The van der Waals surface area contributed by atoms with Gasteiger partial charge < -0.3 is 10.2 Å². The molecule has 0 bridgehead atoms. The van der Waals surface area contributed by atoms with Crippen LogP contribution < -0.4 is 4.72 Å². The molecule has 0 saturated carbocycles. The molecular formula is C11H22N2O5S. The minimum atomic E-state index is -3.90. The summed E-state index contributed by atoms with van der Waals surface area (Å²) in [6.45, 7) is 5.89. The molecule has 19 heavy (non-hydrogen) atoms. The lowest BCUT2D eigenvalue weighted by Gasteiger charge is -2.34. The number of aliphatic carboxylic acids is 1. The van der Waals surface area contributed by atoms with Crippen molar-refractivity contribution in [2.24, 2.45) is 11.8 Å². The Balaban J connectivity index is 2.82. The topological polar surface area (TPSA) is 107 Å². The molecule has 0 radical (unpaired) electrons. The Kier molecular flexibility index (Phi) is 5.31. The van der Waals surface area contributed by atoms with Crippen LogP contribution >= 0.6 is 0 Å². The predicted octanol–water partition coefficient (Wildman–Crippen LogP) is -0.367. The Morgan fingerprint density at radius 2 is 1.79 bits per heavy atom. The second kappa shape index (κ2) is 6.17. The summed E-state index contributed by atoms with van der Waals surface area (Å²) in [6, 6.07) is -1.53. The molecule has 3 N–H and O–H groups in total. The highest BCUT2D eigenvalue weighted by molar-refractivity contribution is 7.87. The molecule has 1 aliphatic rings. The number of hydrogen-bond donors (Lipinski definition) is 3. The van der Waals surface area contributed by atoms with E-state index < -0.39 is 28.3 Å². The fourth-order valence-corrected chi connectivity index (χ4v) is 4.06. The number of carbonyl (C=O) groups is 1. The fourth-order valence-electron chi connectivity index (χ4n) is 2.39. The predicted molar refractivity (Wildman–Crippen MR) is 69.7 cm³/mol. The van der Waals surface area contributed by atoms with Crippen LogP contribution in [-0.2, 0) is 15.0 Å². The zero-order valence-electron chi connectivity index (χ0n) is 11.4. The lowest BCUT2D eigenvalue weighted by atomic mass is 9.94. The monoisotopic (exact) mass is 294 g/mol. The van der Waals surface area contributed by atoms with Crippen molar-refractivity contribution in [1.29, 1.82) is 0 Å². The van der Waals surface area contributed by atoms with E-state index in [1.54, 1.807) is 0 Å². The summed E-state index contributed by atoms with van der Waals surface area (Å²) in [4.78, 5) is 10.9. The maximum Gasteiger partial charge on any atom is 0.324 e. The molecule has 1 rings (SSSR count). The van der Waals surface area contributed by atoms with Gasteiger partial charge in [0.2, 0.25) is 0 Å². The molecule has 4 unspecified atom stereocenters. The van der Waals surface area contributed by atoms with E-state index in [-0.39, 0.29) is 11.8 Å². The summed E-state index contributed by atoms with van der Waals surface area (Å²) in [5.74, 6) is -0.929. The molecule has 7 nitrogen and oxygen atoms in total. The van der Waals surface area contributed by atoms with E-state index in [0.29, 0.717) is 13.1 Å². The Hall–Kier alpha value is -0.700. The van der Waals surface area contributed by atoms with E-state index >= 15 is 0 Å². The molecule has 1 heterocycles. The van der Waals surface area contributed by atoms with Crippen molar-refractivity contribution in [3.8, 4) is 0 Å². The Morgan fingerprint density at radius 3 is 2.16 bits per heavy atom. The maximum absolute atomic E-state index is 12.1. The highest BCUT2D eigenvalue weighted by Gasteiger charge is 2.35. The van der Waals surface area contributed by atoms with E-state index in [9.17, 15) is 18.3 Å². The van der Waals surface area contributed by atoms with E-state index in [1.807, 2.05) is 13.8 Å². The lowest BCUT2D eigenvalue weighted by Crippen LogP contribution is -2.55. The van der Waals surface area contributed by atoms with Crippen molar-refractivity contribution in [2.75, 3.05) is 13.1 Å². The number of aliphatic hydroxyl groups is 1. The SMILES string of the molecule is CC1CC(C)CN(S(=O)(=O)NC(C(=O)O)C(C)O)C1. The number of aliphatic hydroxyl groups excluding tert-OH is 1.